The zero-order valence-electron chi connectivity index (χ0n) is 18.6. The lowest BCUT2D eigenvalue weighted by atomic mass is 10.2. The molecule has 1 aliphatic rings. The fourth-order valence-corrected chi connectivity index (χ4v) is 4.60. The van der Waals surface area contributed by atoms with Gasteiger partial charge >= 0.3 is 0 Å². The van der Waals surface area contributed by atoms with Gasteiger partial charge in [-0.1, -0.05) is 0 Å². The highest BCUT2D eigenvalue weighted by Gasteiger charge is 2.22. The van der Waals surface area contributed by atoms with Gasteiger partial charge in [0.25, 0.3) is 5.91 Å². The Morgan fingerprint density at radius 1 is 1.34 bits per heavy atom. The van der Waals surface area contributed by atoms with Crippen LogP contribution in [0.2, 0.25) is 0 Å². The number of hydrogen-bond donors (Lipinski definition) is 2. The summed E-state index contributed by atoms with van der Waals surface area (Å²) in [5.41, 5.74) is 1.56. The van der Waals surface area contributed by atoms with Gasteiger partial charge in [-0.2, -0.15) is 0 Å². The number of aromatic nitrogens is 3. The van der Waals surface area contributed by atoms with Gasteiger partial charge in [0.1, 0.15) is 28.8 Å². The summed E-state index contributed by atoms with van der Waals surface area (Å²) in [4.78, 5) is 29.5. The van der Waals surface area contributed by atoms with Crippen molar-refractivity contribution >= 4 is 39.0 Å². The summed E-state index contributed by atoms with van der Waals surface area (Å²) in [6.45, 7) is 4.74. The molecule has 0 unspecified atom stereocenters. The molecule has 0 aliphatic carbocycles. The van der Waals surface area contributed by atoms with E-state index >= 15 is 0 Å². The number of ether oxygens (including phenoxy) is 2. The summed E-state index contributed by atoms with van der Waals surface area (Å²) in [5.74, 6) is 1.04. The smallest absolute Gasteiger partial charge is 0.261 e. The lowest BCUT2D eigenvalue weighted by molar-refractivity contribution is 0.0956. The highest BCUT2D eigenvalue weighted by Crippen LogP contribution is 2.36. The van der Waals surface area contributed by atoms with E-state index in [4.69, 9.17) is 9.47 Å². The topological polar surface area (TPSA) is 102 Å². The maximum atomic E-state index is 12.8. The van der Waals surface area contributed by atoms with Crippen LogP contribution in [0.4, 0.5) is 11.5 Å². The van der Waals surface area contributed by atoms with Crippen molar-refractivity contribution in [1.82, 2.24) is 25.2 Å². The van der Waals surface area contributed by atoms with Gasteiger partial charge in [-0.3, -0.25) is 4.79 Å². The fourth-order valence-electron chi connectivity index (χ4n) is 3.53. The fraction of sp³-hybridized carbons (Fsp3) is 0.455. The van der Waals surface area contributed by atoms with Crippen LogP contribution in [0.25, 0.3) is 10.2 Å². The number of pyridine rings is 1. The summed E-state index contributed by atoms with van der Waals surface area (Å²) in [6, 6.07) is 3.73. The number of aryl methyl sites for hydroxylation is 1. The van der Waals surface area contributed by atoms with Crippen LogP contribution in [-0.4, -0.2) is 72.3 Å². The molecule has 4 rings (SSSR count). The van der Waals surface area contributed by atoms with E-state index in [0.29, 0.717) is 42.0 Å². The lowest BCUT2D eigenvalue weighted by Crippen LogP contribution is -2.26. The third kappa shape index (κ3) is 5.14. The van der Waals surface area contributed by atoms with Crippen molar-refractivity contribution in [1.29, 1.82) is 0 Å². The van der Waals surface area contributed by atoms with Crippen LogP contribution in [0.1, 0.15) is 28.1 Å². The normalized spacial score (nSPS) is 15.9. The van der Waals surface area contributed by atoms with Crippen LogP contribution in [0.5, 0.6) is 5.88 Å². The molecule has 170 valence electrons. The first-order chi connectivity index (χ1) is 15.5. The molecule has 1 atom stereocenters. The minimum Gasteiger partial charge on any atom is -0.470 e. The first kappa shape index (κ1) is 22.4. The number of amides is 1. The molecule has 0 saturated carbocycles. The Kier molecular flexibility index (Phi) is 7.13. The first-order valence-electron chi connectivity index (χ1n) is 10.7. The summed E-state index contributed by atoms with van der Waals surface area (Å²) < 4.78 is 11.4. The predicted octanol–water partition coefficient (Wildman–Crippen LogP) is 2.99. The molecular weight excluding hydrogens is 428 g/mol. The molecule has 1 fully saturated rings. The molecule has 0 radical (unpaired) electrons. The lowest BCUT2D eigenvalue weighted by Gasteiger charge is -2.15. The minimum atomic E-state index is -0.0816. The Morgan fingerprint density at radius 3 is 3.00 bits per heavy atom. The molecule has 0 spiro atoms. The molecular formula is C22H28N6O3S. The van der Waals surface area contributed by atoms with E-state index in [2.05, 4.69) is 30.5 Å². The van der Waals surface area contributed by atoms with Gasteiger partial charge in [0, 0.05) is 19.2 Å². The number of nitrogens with one attached hydrogen (secondary N) is 2. The van der Waals surface area contributed by atoms with Crippen molar-refractivity contribution in [2.24, 2.45) is 0 Å². The van der Waals surface area contributed by atoms with Gasteiger partial charge in [0.15, 0.2) is 0 Å². The highest BCUT2D eigenvalue weighted by molar-refractivity contribution is 7.20. The summed E-state index contributed by atoms with van der Waals surface area (Å²) >= 11 is 1.37. The van der Waals surface area contributed by atoms with E-state index in [-0.39, 0.29) is 12.0 Å². The van der Waals surface area contributed by atoms with Gasteiger partial charge in [-0.25, -0.2) is 15.0 Å². The number of carbonyl (C=O) groups is 1. The van der Waals surface area contributed by atoms with E-state index in [1.165, 1.54) is 17.7 Å². The van der Waals surface area contributed by atoms with Crippen LogP contribution in [0.15, 0.2) is 24.7 Å². The Labute approximate surface area is 191 Å². The van der Waals surface area contributed by atoms with E-state index in [9.17, 15) is 4.79 Å². The van der Waals surface area contributed by atoms with Crippen molar-refractivity contribution in [2.45, 2.75) is 25.9 Å². The Hall–Kier alpha value is -2.82. The van der Waals surface area contributed by atoms with Gasteiger partial charge < -0.3 is 25.0 Å². The van der Waals surface area contributed by atoms with Crippen molar-refractivity contribution in [3.05, 3.63) is 35.1 Å². The zero-order valence-corrected chi connectivity index (χ0v) is 19.4. The van der Waals surface area contributed by atoms with Crippen molar-refractivity contribution in [2.75, 3.05) is 45.7 Å². The largest absolute Gasteiger partial charge is 0.470 e. The molecule has 0 aromatic carbocycles. The summed E-state index contributed by atoms with van der Waals surface area (Å²) in [5, 5.41) is 7.18. The highest BCUT2D eigenvalue weighted by atomic mass is 32.1. The van der Waals surface area contributed by atoms with Crippen molar-refractivity contribution in [3.8, 4) is 5.88 Å². The molecule has 9 nitrogen and oxygen atoms in total. The summed E-state index contributed by atoms with van der Waals surface area (Å²) in [7, 11) is 4.04. The molecule has 1 saturated heterocycles. The third-order valence-corrected chi connectivity index (χ3v) is 6.39. The number of anilines is 2. The molecule has 0 bridgehead atoms. The second kappa shape index (κ2) is 10.2. The van der Waals surface area contributed by atoms with Crippen LogP contribution >= 0.6 is 11.3 Å². The first-order valence-corrected chi connectivity index (χ1v) is 11.5. The summed E-state index contributed by atoms with van der Waals surface area (Å²) in [6.07, 6.45) is 4.92. The maximum absolute atomic E-state index is 12.8. The zero-order chi connectivity index (χ0) is 22.5. The average Bonchev–Trinajstić information content (AvgIpc) is 3.41. The number of hydrogen-bond acceptors (Lipinski definition) is 9. The number of rotatable bonds is 9. The number of nitrogens with zero attached hydrogens (tertiary/aromatic N) is 4. The van der Waals surface area contributed by atoms with E-state index in [0.717, 1.165) is 35.2 Å². The molecule has 32 heavy (non-hydrogen) atoms. The molecule has 4 heterocycles. The van der Waals surface area contributed by atoms with Gasteiger partial charge in [0.2, 0.25) is 5.88 Å². The minimum absolute atomic E-state index is 0.0125. The number of thiophene rings is 1. The van der Waals surface area contributed by atoms with Crippen LogP contribution in [0, 0.1) is 6.92 Å². The standard InChI is InChI=1S/C22H28N6O3S/c1-14-17-19(27-16-6-4-8-24-21(16)31-15-7-11-30-12-15)25-13-26-22(17)32-18(14)20(29)23-9-5-10-28(2)3/h4,6,8,13,15H,5,7,9-12H2,1-3H3,(H,23,29)(H,25,26,27)/t15-/m0/s1. The van der Waals surface area contributed by atoms with Gasteiger partial charge in [-0.15, -0.1) is 11.3 Å². The maximum Gasteiger partial charge on any atom is 0.261 e. The van der Waals surface area contributed by atoms with E-state index < -0.39 is 0 Å². The molecule has 1 amide bonds. The van der Waals surface area contributed by atoms with Crippen molar-refractivity contribution in [3.63, 3.8) is 0 Å². The quantitative estimate of drug-likeness (QED) is 0.474. The second-order valence-corrected chi connectivity index (χ2v) is 8.95. The average molecular weight is 457 g/mol. The van der Waals surface area contributed by atoms with Crippen LogP contribution in [-0.2, 0) is 4.74 Å². The van der Waals surface area contributed by atoms with Crippen LogP contribution < -0.4 is 15.4 Å². The Bertz CT molecular complexity index is 1080. The predicted molar refractivity (Wildman–Crippen MR) is 125 cm³/mol. The second-order valence-electron chi connectivity index (χ2n) is 7.96. The van der Waals surface area contributed by atoms with Gasteiger partial charge in [0.05, 0.1) is 23.5 Å². The van der Waals surface area contributed by atoms with Crippen molar-refractivity contribution < 1.29 is 14.3 Å². The molecule has 3 aromatic heterocycles. The number of fused-ring (bicyclic) bond motifs is 1. The molecule has 3 aromatic rings. The Morgan fingerprint density at radius 2 is 2.22 bits per heavy atom. The van der Waals surface area contributed by atoms with E-state index in [1.807, 2.05) is 33.2 Å². The molecule has 1 aliphatic heterocycles. The van der Waals surface area contributed by atoms with Crippen LogP contribution in [0.3, 0.4) is 0 Å². The monoisotopic (exact) mass is 456 g/mol. The molecule has 2 N–H and O–H groups in total. The SMILES string of the molecule is Cc1c(C(=O)NCCCN(C)C)sc2ncnc(Nc3cccnc3O[C@H]3CCOC3)c12. The number of carbonyl (C=O) groups excluding carboxylic acids is 1. The third-order valence-electron chi connectivity index (χ3n) is 5.19. The molecule has 10 heteroatoms. The van der Waals surface area contributed by atoms with Gasteiger partial charge in [-0.05, 0) is 51.7 Å². The Balaban J connectivity index is 1.55. The van der Waals surface area contributed by atoms with E-state index in [1.54, 1.807) is 6.20 Å².